The Balaban J connectivity index is 1.65. The summed E-state index contributed by atoms with van der Waals surface area (Å²) in [6, 6.07) is 14.7. The van der Waals surface area contributed by atoms with Gasteiger partial charge in [0.15, 0.2) is 0 Å². The van der Waals surface area contributed by atoms with Crippen molar-refractivity contribution in [2.45, 2.75) is 32.6 Å². The number of benzene rings is 2. The van der Waals surface area contributed by atoms with Crippen molar-refractivity contribution in [3.8, 4) is 22.9 Å². The van der Waals surface area contributed by atoms with Gasteiger partial charge in [-0.1, -0.05) is 32.3 Å². The Morgan fingerprint density at radius 3 is 2.66 bits per heavy atom. The van der Waals surface area contributed by atoms with Crippen LogP contribution in [0.25, 0.3) is 11.3 Å². The van der Waals surface area contributed by atoms with Crippen LogP contribution in [0.4, 0.5) is 4.39 Å². The number of carbonyl (C=O) groups excluding carboxylic acids is 1. The molecule has 0 fully saturated rings. The molecule has 0 aliphatic rings. The van der Waals surface area contributed by atoms with E-state index in [1.807, 2.05) is 0 Å². The lowest BCUT2D eigenvalue weighted by Gasteiger charge is -2.09. The average molecular weight is 393 g/mol. The fraction of sp³-hybridized carbons (Fsp3) is 0.261. The number of aromatic nitrogens is 2. The Hall–Kier alpha value is -3.28. The van der Waals surface area contributed by atoms with Crippen molar-refractivity contribution >= 4 is 5.91 Å². The molecule has 29 heavy (non-hydrogen) atoms. The monoisotopic (exact) mass is 393 g/mol. The van der Waals surface area contributed by atoms with Crippen LogP contribution in [0, 0.1) is 5.82 Å². The van der Waals surface area contributed by atoms with Crippen LogP contribution < -0.4 is 10.1 Å². The fourth-order valence-electron chi connectivity index (χ4n) is 2.85. The highest BCUT2D eigenvalue weighted by Gasteiger charge is 2.08. The molecule has 5 nitrogen and oxygen atoms in total. The first-order valence-electron chi connectivity index (χ1n) is 9.80. The lowest BCUT2D eigenvalue weighted by atomic mass is 10.1. The standard InChI is InChI=1S/C23H24FN3O2/c1-2-3-4-5-13-25-23(28)18-7-6-8-20(14-18)29-22-15-21(26-16-27-22)17-9-11-19(24)12-10-17/h6-12,14-16H,2-5,13H2,1H3,(H,25,28). The van der Waals surface area contributed by atoms with Crippen LogP contribution >= 0.6 is 0 Å². The molecule has 2 aromatic carbocycles. The molecule has 1 amide bonds. The van der Waals surface area contributed by atoms with Crippen LogP contribution in [0.15, 0.2) is 60.9 Å². The Bertz CT molecular complexity index is 945. The maximum Gasteiger partial charge on any atom is 0.251 e. The highest BCUT2D eigenvalue weighted by molar-refractivity contribution is 5.94. The van der Waals surface area contributed by atoms with Crippen LogP contribution in [-0.4, -0.2) is 22.4 Å². The molecule has 0 atom stereocenters. The van der Waals surface area contributed by atoms with E-state index < -0.39 is 0 Å². The number of amides is 1. The van der Waals surface area contributed by atoms with E-state index >= 15 is 0 Å². The average Bonchev–Trinajstić information content (AvgIpc) is 2.74. The molecule has 0 aliphatic carbocycles. The molecule has 150 valence electrons. The summed E-state index contributed by atoms with van der Waals surface area (Å²) in [5.74, 6) is 0.421. The number of unbranched alkanes of at least 4 members (excludes halogenated alkanes) is 3. The highest BCUT2D eigenvalue weighted by Crippen LogP contribution is 2.24. The maximum atomic E-state index is 13.1. The molecule has 0 aliphatic heterocycles. The van der Waals surface area contributed by atoms with E-state index in [4.69, 9.17) is 4.74 Å². The second kappa shape index (κ2) is 10.3. The number of hydrogen-bond donors (Lipinski definition) is 1. The Kier molecular flexibility index (Phi) is 7.28. The van der Waals surface area contributed by atoms with Crippen LogP contribution in [-0.2, 0) is 0 Å². The van der Waals surface area contributed by atoms with E-state index in [2.05, 4.69) is 22.2 Å². The summed E-state index contributed by atoms with van der Waals surface area (Å²) in [6.45, 7) is 2.82. The number of carbonyl (C=O) groups is 1. The van der Waals surface area contributed by atoms with Crippen molar-refractivity contribution in [1.29, 1.82) is 0 Å². The smallest absolute Gasteiger partial charge is 0.251 e. The lowest BCUT2D eigenvalue weighted by Crippen LogP contribution is -2.24. The Morgan fingerprint density at radius 2 is 1.86 bits per heavy atom. The SMILES string of the molecule is CCCCCCNC(=O)c1cccc(Oc2cc(-c3ccc(F)cc3)ncn2)c1. The molecule has 1 N–H and O–H groups in total. The van der Waals surface area contributed by atoms with E-state index in [9.17, 15) is 9.18 Å². The fourth-order valence-corrected chi connectivity index (χ4v) is 2.85. The minimum Gasteiger partial charge on any atom is -0.439 e. The van der Waals surface area contributed by atoms with E-state index in [1.165, 1.54) is 31.3 Å². The summed E-state index contributed by atoms with van der Waals surface area (Å²) in [5, 5.41) is 2.93. The summed E-state index contributed by atoms with van der Waals surface area (Å²) in [7, 11) is 0. The molecule has 3 aromatic rings. The molecular weight excluding hydrogens is 369 g/mol. The molecule has 0 bridgehead atoms. The summed E-state index contributed by atoms with van der Waals surface area (Å²) in [6.07, 6.45) is 5.82. The molecule has 3 rings (SSSR count). The predicted molar refractivity (Wildman–Crippen MR) is 110 cm³/mol. The van der Waals surface area contributed by atoms with Crippen LogP contribution in [0.1, 0.15) is 43.0 Å². The summed E-state index contributed by atoms with van der Waals surface area (Å²) in [5.41, 5.74) is 1.91. The second-order valence-electron chi connectivity index (χ2n) is 6.69. The third-order valence-corrected chi connectivity index (χ3v) is 4.42. The predicted octanol–water partition coefficient (Wildman–Crippen LogP) is 5.39. The van der Waals surface area contributed by atoms with Crippen molar-refractivity contribution in [3.63, 3.8) is 0 Å². The van der Waals surface area contributed by atoms with Gasteiger partial charge < -0.3 is 10.1 Å². The van der Waals surface area contributed by atoms with Gasteiger partial charge in [-0.05, 0) is 48.9 Å². The van der Waals surface area contributed by atoms with Gasteiger partial charge in [0.25, 0.3) is 5.91 Å². The van der Waals surface area contributed by atoms with Crippen molar-refractivity contribution in [2.24, 2.45) is 0 Å². The number of rotatable bonds is 9. The Morgan fingerprint density at radius 1 is 1.03 bits per heavy atom. The largest absolute Gasteiger partial charge is 0.439 e. The van der Waals surface area contributed by atoms with Crippen LogP contribution in [0.3, 0.4) is 0 Å². The Labute approximate surface area is 170 Å². The minimum absolute atomic E-state index is 0.123. The summed E-state index contributed by atoms with van der Waals surface area (Å²) < 4.78 is 18.9. The van der Waals surface area contributed by atoms with Gasteiger partial charge in [0, 0.05) is 23.7 Å². The first-order valence-corrected chi connectivity index (χ1v) is 9.80. The lowest BCUT2D eigenvalue weighted by molar-refractivity contribution is 0.0952. The zero-order chi connectivity index (χ0) is 20.5. The first kappa shape index (κ1) is 20.5. The van der Waals surface area contributed by atoms with Crippen molar-refractivity contribution in [1.82, 2.24) is 15.3 Å². The summed E-state index contributed by atoms with van der Waals surface area (Å²) in [4.78, 5) is 20.7. The molecule has 0 unspecified atom stereocenters. The van der Waals surface area contributed by atoms with Crippen LogP contribution in [0.2, 0.25) is 0 Å². The second-order valence-corrected chi connectivity index (χ2v) is 6.69. The van der Waals surface area contributed by atoms with Crippen molar-refractivity contribution in [2.75, 3.05) is 6.54 Å². The van der Waals surface area contributed by atoms with Gasteiger partial charge in [0.2, 0.25) is 5.88 Å². The third-order valence-electron chi connectivity index (χ3n) is 4.42. The van der Waals surface area contributed by atoms with E-state index in [1.54, 1.807) is 42.5 Å². The zero-order valence-corrected chi connectivity index (χ0v) is 16.4. The molecule has 0 saturated carbocycles. The number of halogens is 1. The number of hydrogen-bond acceptors (Lipinski definition) is 4. The normalized spacial score (nSPS) is 10.6. The maximum absolute atomic E-state index is 13.1. The quantitative estimate of drug-likeness (QED) is 0.495. The molecule has 0 radical (unpaired) electrons. The molecule has 1 aromatic heterocycles. The van der Waals surface area contributed by atoms with Gasteiger partial charge in [-0.15, -0.1) is 0 Å². The molecular formula is C23H24FN3O2. The number of nitrogens with one attached hydrogen (secondary N) is 1. The van der Waals surface area contributed by atoms with E-state index in [0.29, 0.717) is 29.4 Å². The molecule has 0 saturated heterocycles. The number of nitrogens with zero attached hydrogens (tertiary/aromatic N) is 2. The topological polar surface area (TPSA) is 64.1 Å². The molecule has 6 heteroatoms. The van der Waals surface area contributed by atoms with Gasteiger partial charge >= 0.3 is 0 Å². The molecule has 1 heterocycles. The van der Waals surface area contributed by atoms with Gasteiger partial charge in [-0.25, -0.2) is 14.4 Å². The van der Waals surface area contributed by atoms with E-state index in [-0.39, 0.29) is 11.7 Å². The minimum atomic E-state index is -0.306. The first-order chi connectivity index (χ1) is 14.2. The van der Waals surface area contributed by atoms with Gasteiger partial charge in [-0.2, -0.15) is 0 Å². The van der Waals surface area contributed by atoms with Crippen molar-refractivity contribution in [3.05, 3.63) is 72.3 Å². The third kappa shape index (κ3) is 6.10. The number of ether oxygens (including phenoxy) is 1. The van der Waals surface area contributed by atoms with Gasteiger partial charge in [-0.3, -0.25) is 4.79 Å². The zero-order valence-electron chi connectivity index (χ0n) is 16.4. The van der Waals surface area contributed by atoms with Gasteiger partial charge in [0.1, 0.15) is 17.9 Å². The van der Waals surface area contributed by atoms with Crippen molar-refractivity contribution < 1.29 is 13.9 Å². The van der Waals surface area contributed by atoms with E-state index in [0.717, 1.165) is 18.4 Å². The summed E-state index contributed by atoms with van der Waals surface area (Å²) >= 11 is 0. The highest BCUT2D eigenvalue weighted by atomic mass is 19.1. The van der Waals surface area contributed by atoms with Crippen LogP contribution in [0.5, 0.6) is 11.6 Å². The van der Waals surface area contributed by atoms with Gasteiger partial charge in [0.05, 0.1) is 5.69 Å². The molecule has 0 spiro atoms.